The second-order valence-electron chi connectivity index (χ2n) is 7.09. The van der Waals surface area contributed by atoms with E-state index in [0.717, 1.165) is 16.0 Å². The third-order valence-corrected chi connectivity index (χ3v) is 5.03. The maximum Gasteiger partial charge on any atom is 0.262 e. The minimum absolute atomic E-state index is 0.240. The summed E-state index contributed by atoms with van der Waals surface area (Å²) in [6, 6.07) is 22.5. The molecular weight excluding hydrogens is 364 g/mol. The topological polar surface area (TPSA) is 66.5 Å². The number of amides is 3. The number of fused-ring (bicyclic) bond motifs is 1. The van der Waals surface area contributed by atoms with Crippen molar-refractivity contribution in [3.8, 4) is 0 Å². The van der Waals surface area contributed by atoms with Crippen LogP contribution in [0.5, 0.6) is 0 Å². The summed E-state index contributed by atoms with van der Waals surface area (Å²) in [6.45, 7) is 1.96. The van der Waals surface area contributed by atoms with Crippen LogP contribution in [0.4, 0.5) is 5.69 Å². The van der Waals surface area contributed by atoms with Crippen LogP contribution in [0, 0.1) is 6.92 Å². The molecule has 0 aliphatic carbocycles. The van der Waals surface area contributed by atoms with E-state index >= 15 is 0 Å². The minimum Gasteiger partial charge on any atom is -0.324 e. The molecule has 29 heavy (non-hydrogen) atoms. The summed E-state index contributed by atoms with van der Waals surface area (Å²) in [4.78, 5) is 40.2. The smallest absolute Gasteiger partial charge is 0.262 e. The number of carbonyl (C=O) groups is 3. The average molecular weight is 384 g/mol. The lowest BCUT2D eigenvalue weighted by atomic mass is 10.0. The summed E-state index contributed by atoms with van der Waals surface area (Å²) in [5.74, 6) is -1.27. The van der Waals surface area contributed by atoms with Crippen molar-refractivity contribution in [1.82, 2.24) is 4.90 Å². The molecule has 5 heteroatoms. The molecule has 3 aromatic carbocycles. The molecule has 3 amide bonds. The Morgan fingerprint density at radius 3 is 1.97 bits per heavy atom. The molecule has 0 unspecified atom stereocenters. The maximum atomic E-state index is 13.2. The van der Waals surface area contributed by atoms with E-state index in [2.05, 4.69) is 5.32 Å². The second-order valence-corrected chi connectivity index (χ2v) is 7.09. The van der Waals surface area contributed by atoms with Crippen molar-refractivity contribution in [2.75, 3.05) is 5.32 Å². The zero-order chi connectivity index (χ0) is 20.4. The quantitative estimate of drug-likeness (QED) is 0.680. The number of imide groups is 1. The highest BCUT2D eigenvalue weighted by molar-refractivity contribution is 6.23. The van der Waals surface area contributed by atoms with Crippen molar-refractivity contribution in [1.29, 1.82) is 0 Å². The number of hydrogen-bond donors (Lipinski definition) is 1. The first-order valence-electron chi connectivity index (χ1n) is 9.43. The molecule has 1 atom stereocenters. The maximum absolute atomic E-state index is 13.2. The molecule has 0 saturated carbocycles. The first-order valence-corrected chi connectivity index (χ1v) is 9.43. The summed E-state index contributed by atoms with van der Waals surface area (Å²) in [7, 11) is 0. The van der Waals surface area contributed by atoms with Gasteiger partial charge in [-0.1, -0.05) is 60.2 Å². The van der Waals surface area contributed by atoms with E-state index in [0.29, 0.717) is 16.8 Å². The van der Waals surface area contributed by atoms with Crippen molar-refractivity contribution in [2.24, 2.45) is 0 Å². The molecule has 1 aliphatic rings. The Hall–Kier alpha value is -3.73. The van der Waals surface area contributed by atoms with Crippen LogP contribution in [-0.2, 0) is 11.2 Å². The number of carbonyl (C=O) groups excluding carboxylic acids is 3. The van der Waals surface area contributed by atoms with E-state index in [-0.39, 0.29) is 6.42 Å². The van der Waals surface area contributed by atoms with E-state index in [1.165, 1.54) is 0 Å². The molecule has 3 aromatic rings. The molecule has 1 aliphatic heterocycles. The minimum atomic E-state index is -0.953. The highest BCUT2D eigenvalue weighted by Crippen LogP contribution is 2.26. The van der Waals surface area contributed by atoms with Gasteiger partial charge in [0.2, 0.25) is 5.91 Å². The highest BCUT2D eigenvalue weighted by atomic mass is 16.2. The Bertz CT molecular complexity index is 1040. The standard InChI is InChI=1S/C24H20N2O3/c1-16-11-13-18(14-12-16)25-22(27)21(15-17-7-3-2-4-8-17)26-23(28)19-9-5-6-10-20(19)24(26)29/h2-14,21H,15H2,1H3,(H,25,27)/t21-/m0/s1. The predicted molar refractivity (Wildman–Crippen MR) is 111 cm³/mol. The van der Waals surface area contributed by atoms with E-state index < -0.39 is 23.8 Å². The van der Waals surface area contributed by atoms with Crippen LogP contribution < -0.4 is 5.32 Å². The number of nitrogens with one attached hydrogen (secondary N) is 1. The number of hydrogen-bond acceptors (Lipinski definition) is 3. The Morgan fingerprint density at radius 2 is 1.38 bits per heavy atom. The SMILES string of the molecule is Cc1ccc(NC(=O)[C@H](Cc2ccccc2)N2C(=O)c3ccccc3C2=O)cc1. The van der Waals surface area contributed by atoms with Gasteiger partial charge in [0.15, 0.2) is 0 Å². The zero-order valence-electron chi connectivity index (χ0n) is 16.0. The molecule has 0 spiro atoms. The van der Waals surface area contributed by atoms with Crippen LogP contribution in [0.1, 0.15) is 31.8 Å². The Kier molecular flexibility index (Phi) is 4.96. The van der Waals surface area contributed by atoms with Gasteiger partial charge < -0.3 is 5.32 Å². The number of anilines is 1. The molecule has 0 aromatic heterocycles. The summed E-state index contributed by atoms with van der Waals surface area (Å²) in [6.07, 6.45) is 0.240. The second kappa shape index (κ2) is 7.72. The third-order valence-electron chi connectivity index (χ3n) is 5.03. The van der Waals surface area contributed by atoms with Gasteiger partial charge in [-0.2, -0.15) is 0 Å². The highest BCUT2D eigenvalue weighted by Gasteiger charge is 2.42. The number of benzene rings is 3. The van der Waals surface area contributed by atoms with Gasteiger partial charge in [0.05, 0.1) is 11.1 Å². The Morgan fingerprint density at radius 1 is 0.828 bits per heavy atom. The molecule has 5 nitrogen and oxygen atoms in total. The fraction of sp³-hybridized carbons (Fsp3) is 0.125. The molecular formula is C24H20N2O3. The lowest BCUT2D eigenvalue weighted by Gasteiger charge is -2.25. The van der Waals surface area contributed by atoms with Crippen LogP contribution in [0.25, 0.3) is 0 Å². The van der Waals surface area contributed by atoms with Gasteiger partial charge in [-0.25, -0.2) is 0 Å². The molecule has 1 N–H and O–H groups in total. The van der Waals surface area contributed by atoms with Crippen molar-refractivity contribution in [3.05, 3.63) is 101 Å². The van der Waals surface area contributed by atoms with Crippen LogP contribution in [0.3, 0.4) is 0 Å². The number of aryl methyl sites for hydroxylation is 1. The van der Waals surface area contributed by atoms with E-state index in [1.54, 1.807) is 36.4 Å². The Balaban J connectivity index is 1.67. The Labute approximate surface area is 169 Å². The first kappa shape index (κ1) is 18.6. The fourth-order valence-corrected chi connectivity index (χ4v) is 3.49. The monoisotopic (exact) mass is 384 g/mol. The summed E-state index contributed by atoms with van der Waals surface area (Å²) in [5, 5.41) is 2.85. The summed E-state index contributed by atoms with van der Waals surface area (Å²) < 4.78 is 0. The van der Waals surface area contributed by atoms with Gasteiger partial charge in [0.25, 0.3) is 11.8 Å². The number of nitrogens with zero attached hydrogens (tertiary/aromatic N) is 1. The lowest BCUT2D eigenvalue weighted by molar-refractivity contribution is -0.119. The molecule has 4 rings (SSSR count). The normalized spacial score (nSPS) is 13.9. The summed E-state index contributed by atoms with van der Waals surface area (Å²) >= 11 is 0. The van der Waals surface area contributed by atoms with Gasteiger partial charge in [0.1, 0.15) is 6.04 Å². The van der Waals surface area contributed by atoms with Crippen LogP contribution in [-0.4, -0.2) is 28.7 Å². The molecule has 0 radical (unpaired) electrons. The van der Waals surface area contributed by atoms with Crippen LogP contribution in [0.15, 0.2) is 78.9 Å². The fourth-order valence-electron chi connectivity index (χ4n) is 3.49. The molecule has 0 bridgehead atoms. The van der Waals surface area contributed by atoms with Crippen molar-refractivity contribution in [2.45, 2.75) is 19.4 Å². The van der Waals surface area contributed by atoms with Gasteiger partial charge in [-0.3, -0.25) is 19.3 Å². The van der Waals surface area contributed by atoms with E-state index in [9.17, 15) is 14.4 Å². The van der Waals surface area contributed by atoms with E-state index in [4.69, 9.17) is 0 Å². The largest absolute Gasteiger partial charge is 0.324 e. The van der Waals surface area contributed by atoms with Gasteiger partial charge in [-0.05, 0) is 36.8 Å². The van der Waals surface area contributed by atoms with Crippen molar-refractivity contribution >= 4 is 23.4 Å². The molecule has 0 fully saturated rings. The van der Waals surface area contributed by atoms with Crippen molar-refractivity contribution in [3.63, 3.8) is 0 Å². The summed E-state index contributed by atoms with van der Waals surface area (Å²) in [5.41, 5.74) is 3.23. The molecule has 144 valence electrons. The zero-order valence-corrected chi connectivity index (χ0v) is 16.0. The van der Waals surface area contributed by atoms with Crippen LogP contribution >= 0.6 is 0 Å². The lowest BCUT2D eigenvalue weighted by Crippen LogP contribution is -2.48. The van der Waals surface area contributed by atoms with Crippen molar-refractivity contribution < 1.29 is 14.4 Å². The predicted octanol–water partition coefficient (Wildman–Crippen LogP) is 3.84. The molecule has 0 saturated heterocycles. The van der Waals surface area contributed by atoms with Gasteiger partial charge >= 0.3 is 0 Å². The third kappa shape index (κ3) is 3.67. The van der Waals surface area contributed by atoms with Gasteiger partial charge in [-0.15, -0.1) is 0 Å². The van der Waals surface area contributed by atoms with E-state index in [1.807, 2.05) is 49.4 Å². The average Bonchev–Trinajstić information content (AvgIpc) is 2.99. The van der Waals surface area contributed by atoms with Crippen LogP contribution in [0.2, 0.25) is 0 Å². The first-order chi connectivity index (χ1) is 14.0. The number of rotatable bonds is 5. The van der Waals surface area contributed by atoms with Gasteiger partial charge in [0, 0.05) is 12.1 Å². The molecule has 1 heterocycles.